The summed E-state index contributed by atoms with van der Waals surface area (Å²) < 4.78 is 14.0. The second-order valence-corrected chi connectivity index (χ2v) is 9.83. The third-order valence-electron chi connectivity index (χ3n) is 6.20. The standard InChI is InChI=1S/C27H28FN3O3S/c1-17(2)18-7-9-19(10-8-18)24(32)30-26-22(13-16-35-26)25(33)29-20-11-14-31(15-12-20)27(34)21-5-3-4-6-23(21)28/h3-10,13,16-17,20H,11-12,14-15H2,1-2H3,(H,29,33)(H,30,32). The van der Waals surface area contributed by atoms with Crippen LogP contribution < -0.4 is 10.6 Å². The van der Waals surface area contributed by atoms with Crippen LogP contribution in [-0.2, 0) is 0 Å². The summed E-state index contributed by atoms with van der Waals surface area (Å²) in [5.74, 6) is -1.02. The van der Waals surface area contributed by atoms with Gasteiger partial charge in [-0.25, -0.2) is 4.39 Å². The third kappa shape index (κ3) is 5.77. The highest BCUT2D eigenvalue weighted by Crippen LogP contribution is 2.25. The van der Waals surface area contributed by atoms with Crippen LogP contribution in [0.5, 0.6) is 0 Å². The van der Waals surface area contributed by atoms with Crippen molar-refractivity contribution in [1.29, 1.82) is 0 Å². The first-order valence-corrected chi connectivity index (χ1v) is 12.5. The van der Waals surface area contributed by atoms with Gasteiger partial charge in [0.2, 0.25) is 0 Å². The maximum absolute atomic E-state index is 14.0. The van der Waals surface area contributed by atoms with Crippen molar-refractivity contribution in [1.82, 2.24) is 10.2 Å². The molecule has 2 heterocycles. The van der Waals surface area contributed by atoms with Crippen LogP contribution in [0.2, 0.25) is 0 Å². The lowest BCUT2D eigenvalue weighted by molar-refractivity contribution is 0.0693. The minimum absolute atomic E-state index is 0.0625. The number of benzene rings is 2. The molecule has 1 aliphatic heterocycles. The predicted octanol–water partition coefficient (Wildman–Crippen LogP) is 5.30. The zero-order valence-corrected chi connectivity index (χ0v) is 20.5. The third-order valence-corrected chi connectivity index (χ3v) is 7.03. The Labute approximate surface area is 208 Å². The maximum atomic E-state index is 14.0. The number of piperidine rings is 1. The van der Waals surface area contributed by atoms with Crippen LogP contribution in [-0.4, -0.2) is 41.8 Å². The number of halogens is 1. The highest BCUT2D eigenvalue weighted by Gasteiger charge is 2.27. The lowest BCUT2D eigenvalue weighted by Gasteiger charge is -2.32. The van der Waals surface area contributed by atoms with Crippen molar-refractivity contribution in [3.8, 4) is 0 Å². The first-order chi connectivity index (χ1) is 16.8. The van der Waals surface area contributed by atoms with Crippen LogP contribution in [0.3, 0.4) is 0 Å². The van der Waals surface area contributed by atoms with Crippen LogP contribution in [0, 0.1) is 5.82 Å². The van der Waals surface area contributed by atoms with E-state index < -0.39 is 5.82 Å². The van der Waals surface area contributed by atoms with Gasteiger partial charge < -0.3 is 15.5 Å². The van der Waals surface area contributed by atoms with Crippen LogP contribution in [0.4, 0.5) is 9.39 Å². The highest BCUT2D eigenvalue weighted by molar-refractivity contribution is 7.14. The monoisotopic (exact) mass is 493 g/mol. The Morgan fingerprint density at radius 3 is 2.29 bits per heavy atom. The van der Waals surface area contributed by atoms with Gasteiger partial charge >= 0.3 is 0 Å². The van der Waals surface area contributed by atoms with Gasteiger partial charge in [-0.2, -0.15) is 0 Å². The zero-order chi connectivity index (χ0) is 24.9. The van der Waals surface area contributed by atoms with Gasteiger partial charge in [-0.1, -0.05) is 38.1 Å². The van der Waals surface area contributed by atoms with E-state index in [1.54, 1.807) is 40.6 Å². The SMILES string of the molecule is CC(C)c1ccc(C(=O)Nc2sccc2C(=O)NC2CCN(C(=O)c3ccccc3F)CC2)cc1. The number of rotatable bonds is 6. The number of hydrogen-bond acceptors (Lipinski definition) is 4. The summed E-state index contributed by atoms with van der Waals surface area (Å²) in [6.07, 6.45) is 1.14. The van der Waals surface area contributed by atoms with Gasteiger partial charge in [0.15, 0.2) is 0 Å². The van der Waals surface area contributed by atoms with Crippen molar-refractivity contribution >= 4 is 34.1 Å². The molecule has 0 unspecified atom stereocenters. The first kappa shape index (κ1) is 24.6. The first-order valence-electron chi connectivity index (χ1n) is 11.7. The van der Waals surface area contributed by atoms with Gasteiger partial charge in [0, 0.05) is 24.7 Å². The fraction of sp³-hybridized carbons (Fsp3) is 0.296. The minimum atomic E-state index is -0.532. The summed E-state index contributed by atoms with van der Waals surface area (Å²) >= 11 is 1.29. The summed E-state index contributed by atoms with van der Waals surface area (Å²) in [4.78, 5) is 39.9. The Kier molecular flexibility index (Phi) is 7.60. The molecule has 0 bridgehead atoms. The molecule has 0 aliphatic carbocycles. The van der Waals surface area contributed by atoms with E-state index in [4.69, 9.17) is 0 Å². The number of carbonyl (C=O) groups is 3. The van der Waals surface area contributed by atoms with Crippen LogP contribution in [0.1, 0.15) is 69.2 Å². The topological polar surface area (TPSA) is 78.5 Å². The minimum Gasteiger partial charge on any atom is -0.349 e. The van der Waals surface area contributed by atoms with E-state index in [9.17, 15) is 18.8 Å². The van der Waals surface area contributed by atoms with Crippen molar-refractivity contribution in [2.24, 2.45) is 0 Å². The fourth-order valence-corrected chi connectivity index (χ4v) is 4.85. The van der Waals surface area contributed by atoms with E-state index in [0.29, 0.717) is 48.0 Å². The summed E-state index contributed by atoms with van der Waals surface area (Å²) in [5, 5.41) is 8.12. The van der Waals surface area contributed by atoms with E-state index in [2.05, 4.69) is 24.5 Å². The van der Waals surface area contributed by atoms with Crippen LogP contribution in [0.15, 0.2) is 60.0 Å². The molecule has 4 rings (SSSR count). The molecule has 8 heteroatoms. The Hall–Kier alpha value is -3.52. The number of nitrogens with one attached hydrogen (secondary N) is 2. The van der Waals surface area contributed by atoms with Crippen molar-refractivity contribution < 1.29 is 18.8 Å². The number of anilines is 1. The quantitative estimate of drug-likeness (QED) is 0.489. The second kappa shape index (κ2) is 10.8. The van der Waals surface area contributed by atoms with Gasteiger partial charge in [-0.15, -0.1) is 11.3 Å². The van der Waals surface area contributed by atoms with Gasteiger partial charge in [0.05, 0.1) is 11.1 Å². The lowest BCUT2D eigenvalue weighted by Crippen LogP contribution is -2.46. The largest absolute Gasteiger partial charge is 0.349 e. The molecule has 3 amide bonds. The fourth-order valence-electron chi connectivity index (χ4n) is 4.07. The molecular weight excluding hydrogens is 465 g/mol. The van der Waals surface area contributed by atoms with Crippen molar-refractivity contribution in [2.75, 3.05) is 18.4 Å². The van der Waals surface area contributed by atoms with Crippen LogP contribution in [0.25, 0.3) is 0 Å². The molecule has 0 saturated carbocycles. The average molecular weight is 494 g/mol. The number of nitrogens with zero attached hydrogens (tertiary/aromatic N) is 1. The summed E-state index contributed by atoms with van der Waals surface area (Å²) in [5.41, 5.74) is 2.15. The van der Waals surface area contributed by atoms with Crippen molar-refractivity contribution in [3.05, 3.63) is 88.0 Å². The molecule has 0 spiro atoms. The number of carbonyl (C=O) groups excluding carboxylic acids is 3. The smallest absolute Gasteiger partial charge is 0.256 e. The summed E-state index contributed by atoms with van der Waals surface area (Å²) in [6, 6.07) is 15.0. The number of thiophene rings is 1. The number of hydrogen-bond donors (Lipinski definition) is 2. The maximum Gasteiger partial charge on any atom is 0.256 e. The van der Waals surface area contributed by atoms with E-state index in [-0.39, 0.29) is 29.3 Å². The summed E-state index contributed by atoms with van der Waals surface area (Å²) in [7, 11) is 0. The molecule has 35 heavy (non-hydrogen) atoms. The van der Waals surface area contributed by atoms with Crippen molar-refractivity contribution in [2.45, 2.75) is 38.6 Å². The Morgan fingerprint density at radius 1 is 0.943 bits per heavy atom. The zero-order valence-electron chi connectivity index (χ0n) is 19.7. The molecule has 1 aliphatic rings. The van der Waals surface area contributed by atoms with E-state index >= 15 is 0 Å². The molecule has 3 aromatic rings. The Balaban J connectivity index is 1.33. The molecular formula is C27H28FN3O3S. The molecule has 182 valence electrons. The molecule has 2 N–H and O–H groups in total. The number of amides is 3. The molecule has 0 radical (unpaired) electrons. The Morgan fingerprint density at radius 2 is 1.63 bits per heavy atom. The summed E-state index contributed by atoms with van der Waals surface area (Å²) in [6.45, 7) is 5.04. The highest BCUT2D eigenvalue weighted by atomic mass is 32.1. The molecule has 2 aromatic carbocycles. The average Bonchev–Trinajstić information content (AvgIpc) is 3.32. The predicted molar refractivity (Wildman–Crippen MR) is 136 cm³/mol. The van der Waals surface area contributed by atoms with E-state index in [1.165, 1.54) is 23.5 Å². The van der Waals surface area contributed by atoms with E-state index in [0.717, 1.165) is 5.56 Å². The van der Waals surface area contributed by atoms with Gasteiger partial charge in [0.1, 0.15) is 10.8 Å². The van der Waals surface area contributed by atoms with Gasteiger partial charge in [0.25, 0.3) is 17.7 Å². The van der Waals surface area contributed by atoms with Gasteiger partial charge in [-0.3, -0.25) is 14.4 Å². The number of likely N-dealkylation sites (tertiary alicyclic amines) is 1. The molecule has 1 aromatic heterocycles. The molecule has 6 nitrogen and oxygen atoms in total. The van der Waals surface area contributed by atoms with Gasteiger partial charge in [-0.05, 0) is 60.0 Å². The van der Waals surface area contributed by atoms with Crippen molar-refractivity contribution in [3.63, 3.8) is 0 Å². The Bertz CT molecular complexity index is 1210. The van der Waals surface area contributed by atoms with Crippen LogP contribution >= 0.6 is 11.3 Å². The van der Waals surface area contributed by atoms with E-state index in [1.807, 2.05) is 12.1 Å². The second-order valence-electron chi connectivity index (χ2n) is 8.91. The lowest BCUT2D eigenvalue weighted by atomic mass is 10.0. The molecule has 1 fully saturated rings. The molecule has 1 saturated heterocycles. The molecule has 0 atom stereocenters. The normalized spacial score (nSPS) is 14.1.